The number of carbonyl (C=O) groups excluding carboxylic acids is 1. The van der Waals surface area contributed by atoms with Crippen LogP contribution in [0.5, 0.6) is 5.75 Å². The number of halogens is 1. The molecule has 1 amide bonds. The van der Waals surface area contributed by atoms with Crippen LogP contribution in [-0.4, -0.2) is 25.6 Å². The van der Waals surface area contributed by atoms with Gasteiger partial charge >= 0.3 is 0 Å². The van der Waals surface area contributed by atoms with E-state index in [4.69, 9.17) is 4.74 Å². The smallest absolute Gasteiger partial charge is 0.262 e. The predicted octanol–water partition coefficient (Wildman–Crippen LogP) is 3.44. The molecule has 1 heterocycles. The van der Waals surface area contributed by atoms with Crippen LogP contribution in [0.25, 0.3) is 0 Å². The van der Waals surface area contributed by atoms with E-state index in [0.29, 0.717) is 5.69 Å². The number of nitrogens with zero attached hydrogens (tertiary/aromatic N) is 1. The molecule has 0 aliphatic carbocycles. The molecule has 1 saturated heterocycles. The molecule has 1 N–H and O–H groups in total. The fraction of sp³-hybridized carbons (Fsp3) is 0.278. The summed E-state index contributed by atoms with van der Waals surface area (Å²) in [5.41, 5.74) is 1.87. The van der Waals surface area contributed by atoms with E-state index in [2.05, 4.69) is 10.2 Å². The van der Waals surface area contributed by atoms with Crippen molar-refractivity contribution in [3.63, 3.8) is 0 Å². The molecule has 1 aliphatic heterocycles. The van der Waals surface area contributed by atoms with E-state index in [0.717, 1.165) is 13.1 Å². The highest BCUT2D eigenvalue weighted by atomic mass is 19.1. The zero-order valence-corrected chi connectivity index (χ0v) is 12.8. The summed E-state index contributed by atoms with van der Waals surface area (Å²) in [6.45, 7) is 1.94. The van der Waals surface area contributed by atoms with E-state index in [1.807, 2.05) is 24.3 Å². The summed E-state index contributed by atoms with van der Waals surface area (Å²) < 4.78 is 18.6. The van der Waals surface area contributed by atoms with Crippen molar-refractivity contribution in [3.05, 3.63) is 54.3 Å². The zero-order chi connectivity index (χ0) is 16.1. The molecule has 0 aromatic heterocycles. The molecule has 120 valence electrons. The van der Waals surface area contributed by atoms with Gasteiger partial charge < -0.3 is 15.0 Å². The van der Waals surface area contributed by atoms with Crippen LogP contribution in [0.3, 0.4) is 0 Å². The van der Waals surface area contributed by atoms with Gasteiger partial charge in [0, 0.05) is 24.5 Å². The lowest BCUT2D eigenvalue weighted by Gasteiger charge is -2.17. The number of rotatable bonds is 5. The molecule has 0 saturated carbocycles. The zero-order valence-electron chi connectivity index (χ0n) is 12.8. The van der Waals surface area contributed by atoms with Gasteiger partial charge in [0.1, 0.15) is 0 Å². The minimum absolute atomic E-state index is 0.0760. The standard InChI is InChI=1S/C18H19FN2O2/c19-16-5-1-2-6-17(16)23-13-18(22)20-14-7-9-15(10-8-14)21-11-3-4-12-21/h1-2,5-10H,3-4,11-13H2,(H,20,22). The average molecular weight is 314 g/mol. The molecule has 4 nitrogen and oxygen atoms in total. The Labute approximate surface area is 134 Å². The van der Waals surface area contributed by atoms with Gasteiger partial charge in [-0.25, -0.2) is 4.39 Å². The third-order valence-electron chi connectivity index (χ3n) is 3.82. The highest BCUT2D eigenvalue weighted by molar-refractivity contribution is 5.92. The normalized spacial score (nSPS) is 13.9. The fourth-order valence-electron chi connectivity index (χ4n) is 2.63. The topological polar surface area (TPSA) is 41.6 Å². The summed E-state index contributed by atoms with van der Waals surface area (Å²) in [5.74, 6) is -0.718. The van der Waals surface area contributed by atoms with Crippen LogP contribution in [-0.2, 0) is 4.79 Å². The lowest BCUT2D eigenvalue weighted by Crippen LogP contribution is -2.21. The lowest BCUT2D eigenvalue weighted by atomic mass is 10.2. The second-order valence-electron chi connectivity index (χ2n) is 5.51. The molecule has 1 fully saturated rings. The third kappa shape index (κ3) is 4.00. The Kier molecular flexibility index (Phi) is 4.76. The fourth-order valence-corrected chi connectivity index (χ4v) is 2.63. The highest BCUT2D eigenvalue weighted by Crippen LogP contribution is 2.22. The number of nitrogens with one attached hydrogen (secondary N) is 1. The van der Waals surface area contributed by atoms with Crippen LogP contribution in [0.4, 0.5) is 15.8 Å². The van der Waals surface area contributed by atoms with Crippen LogP contribution < -0.4 is 15.0 Å². The summed E-state index contributed by atoms with van der Waals surface area (Å²) in [5, 5.41) is 2.74. The number of hydrogen-bond acceptors (Lipinski definition) is 3. The number of carbonyl (C=O) groups is 1. The van der Waals surface area contributed by atoms with Crippen LogP contribution in [0, 0.1) is 5.82 Å². The maximum absolute atomic E-state index is 13.4. The van der Waals surface area contributed by atoms with Crippen molar-refractivity contribution in [3.8, 4) is 5.75 Å². The van der Waals surface area contributed by atoms with Crippen molar-refractivity contribution in [2.75, 3.05) is 29.9 Å². The van der Waals surface area contributed by atoms with Gasteiger partial charge in [0.05, 0.1) is 0 Å². The Hall–Kier alpha value is -2.56. The summed E-state index contributed by atoms with van der Waals surface area (Å²) in [4.78, 5) is 14.2. The molecule has 0 unspecified atom stereocenters. The molecule has 0 radical (unpaired) electrons. The molecular formula is C18H19FN2O2. The van der Waals surface area contributed by atoms with Crippen LogP contribution >= 0.6 is 0 Å². The number of hydrogen-bond donors (Lipinski definition) is 1. The van der Waals surface area contributed by atoms with E-state index in [9.17, 15) is 9.18 Å². The number of para-hydroxylation sites is 1. The largest absolute Gasteiger partial charge is 0.481 e. The van der Waals surface area contributed by atoms with Gasteiger partial charge in [-0.2, -0.15) is 0 Å². The molecule has 3 rings (SSSR count). The SMILES string of the molecule is O=C(COc1ccccc1F)Nc1ccc(N2CCCC2)cc1. The number of amides is 1. The quantitative estimate of drug-likeness (QED) is 0.919. The molecule has 2 aromatic rings. The molecule has 5 heteroatoms. The first kappa shape index (κ1) is 15.3. The van der Waals surface area contributed by atoms with Gasteiger partial charge in [0.15, 0.2) is 18.2 Å². The minimum atomic E-state index is -0.477. The van der Waals surface area contributed by atoms with E-state index in [1.54, 1.807) is 12.1 Å². The highest BCUT2D eigenvalue weighted by Gasteiger charge is 2.12. The van der Waals surface area contributed by atoms with Gasteiger partial charge in [-0.05, 0) is 49.2 Å². The van der Waals surface area contributed by atoms with Crippen LogP contribution in [0.15, 0.2) is 48.5 Å². The summed E-state index contributed by atoms with van der Waals surface area (Å²) in [6, 6.07) is 13.8. The molecular weight excluding hydrogens is 295 g/mol. The monoisotopic (exact) mass is 314 g/mol. The van der Waals surface area contributed by atoms with E-state index in [1.165, 1.54) is 30.7 Å². The maximum atomic E-state index is 13.4. The Balaban J connectivity index is 1.52. The van der Waals surface area contributed by atoms with Crippen molar-refractivity contribution >= 4 is 17.3 Å². The number of anilines is 2. The summed E-state index contributed by atoms with van der Waals surface area (Å²) >= 11 is 0. The molecule has 23 heavy (non-hydrogen) atoms. The predicted molar refractivity (Wildman–Crippen MR) is 88.4 cm³/mol. The Morgan fingerprint density at radius 1 is 1.09 bits per heavy atom. The second kappa shape index (κ2) is 7.13. The van der Waals surface area contributed by atoms with Gasteiger partial charge in [0.25, 0.3) is 5.91 Å². The first-order valence-electron chi connectivity index (χ1n) is 7.74. The van der Waals surface area contributed by atoms with Gasteiger partial charge in [-0.15, -0.1) is 0 Å². The Morgan fingerprint density at radius 3 is 2.48 bits per heavy atom. The first-order chi connectivity index (χ1) is 11.2. The molecule has 0 bridgehead atoms. The summed E-state index contributed by atoms with van der Waals surface area (Å²) in [6.07, 6.45) is 2.46. The first-order valence-corrected chi connectivity index (χ1v) is 7.74. The molecule has 0 spiro atoms. The van der Waals surface area contributed by atoms with E-state index < -0.39 is 5.82 Å². The minimum Gasteiger partial charge on any atom is -0.481 e. The Morgan fingerprint density at radius 2 is 1.78 bits per heavy atom. The average Bonchev–Trinajstić information content (AvgIpc) is 3.09. The van der Waals surface area contributed by atoms with Crippen molar-refractivity contribution in [2.45, 2.75) is 12.8 Å². The number of ether oxygens (including phenoxy) is 1. The second-order valence-corrected chi connectivity index (χ2v) is 5.51. The molecule has 1 aliphatic rings. The van der Waals surface area contributed by atoms with Gasteiger partial charge in [-0.1, -0.05) is 12.1 Å². The Bertz CT molecular complexity index is 667. The van der Waals surface area contributed by atoms with Crippen molar-refractivity contribution in [1.82, 2.24) is 0 Å². The van der Waals surface area contributed by atoms with Crippen molar-refractivity contribution in [2.24, 2.45) is 0 Å². The number of benzene rings is 2. The van der Waals surface area contributed by atoms with Crippen LogP contribution in [0.1, 0.15) is 12.8 Å². The molecule has 0 atom stereocenters. The van der Waals surface area contributed by atoms with Gasteiger partial charge in [-0.3, -0.25) is 4.79 Å². The maximum Gasteiger partial charge on any atom is 0.262 e. The lowest BCUT2D eigenvalue weighted by molar-refractivity contribution is -0.118. The van der Waals surface area contributed by atoms with Crippen molar-refractivity contribution in [1.29, 1.82) is 0 Å². The van der Waals surface area contributed by atoms with Gasteiger partial charge in [0.2, 0.25) is 0 Å². The van der Waals surface area contributed by atoms with Crippen molar-refractivity contribution < 1.29 is 13.9 Å². The molecule has 2 aromatic carbocycles. The van der Waals surface area contributed by atoms with Crippen LogP contribution in [0.2, 0.25) is 0 Å². The van der Waals surface area contributed by atoms with E-state index >= 15 is 0 Å². The summed E-state index contributed by atoms with van der Waals surface area (Å²) in [7, 11) is 0. The third-order valence-corrected chi connectivity index (χ3v) is 3.82. The van der Waals surface area contributed by atoms with E-state index in [-0.39, 0.29) is 18.3 Å².